The fraction of sp³-hybridized carbons (Fsp3) is 0.333. The number of aryl methyl sites for hydroxylation is 1. The molecule has 1 amide bonds. The molecule has 0 aliphatic carbocycles. The summed E-state index contributed by atoms with van der Waals surface area (Å²) >= 11 is 5.86. The standard InChI is InChI=1S/C27H29ClN6O2/c1-17-31-32-25-12-5-19(16-34(17)25)15-33(2)27(36)20-6-3-18(4-7-20)13-22-9-10-23(30-22)26(35)21-8-11-24(28)29-14-21/h3-8,11-12,14,16,22-23,26,30,35H,9-10,13,15H2,1-2H3/t22-,23+,26?/m0/s1. The average molecular weight is 505 g/mol. The molecule has 2 N–H and O–H groups in total. The summed E-state index contributed by atoms with van der Waals surface area (Å²) in [6.07, 6.45) is 5.68. The van der Waals surface area contributed by atoms with Gasteiger partial charge in [-0.3, -0.25) is 9.20 Å². The van der Waals surface area contributed by atoms with Crippen LogP contribution in [0.4, 0.5) is 0 Å². The van der Waals surface area contributed by atoms with Crippen molar-refractivity contribution in [3.05, 3.63) is 94.2 Å². The summed E-state index contributed by atoms with van der Waals surface area (Å²) < 4.78 is 1.93. The minimum absolute atomic E-state index is 0.0198. The zero-order valence-electron chi connectivity index (χ0n) is 20.3. The van der Waals surface area contributed by atoms with E-state index in [1.54, 1.807) is 17.2 Å². The summed E-state index contributed by atoms with van der Waals surface area (Å²) in [5.41, 5.74) is 4.38. The Balaban J connectivity index is 1.16. The molecule has 1 aromatic carbocycles. The number of aliphatic hydroxyl groups excluding tert-OH is 1. The Morgan fingerprint density at radius 2 is 1.92 bits per heavy atom. The van der Waals surface area contributed by atoms with Crippen molar-refractivity contribution in [1.29, 1.82) is 0 Å². The molecule has 1 aliphatic heterocycles. The molecular formula is C27H29ClN6O2. The number of halogens is 1. The van der Waals surface area contributed by atoms with Gasteiger partial charge in [0.25, 0.3) is 5.91 Å². The number of nitrogens with one attached hydrogen (secondary N) is 1. The quantitative estimate of drug-likeness (QED) is 0.372. The number of pyridine rings is 2. The third-order valence-electron chi connectivity index (χ3n) is 6.83. The van der Waals surface area contributed by atoms with Crippen molar-refractivity contribution in [2.75, 3.05) is 7.05 Å². The van der Waals surface area contributed by atoms with E-state index in [2.05, 4.69) is 20.5 Å². The van der Waals surface area contributed by atoms with Gasteiger partial charge in [0.2, 0.25) is 0 Å². The van der Waals surface area contributed by atoms with Crippen molar-refractivity contribution >= 4 is 23.2 Å². The molecule has 8 nitrogen and oxygen atoms in total. The van der Waals surface area contributed by atoms with Crippen LogP contribution in [0.25, 0.3) is 5.65 Å². The fourth-order valence-electron chi connectivity index (χ4n) is 4.83. The first-order valence-electron chi connectivity index (χ1n) is 12.1. The van der Waals surface area contributed by atoms with E-state index in [0.29, 0.717) is 17.3 Å². The minimum atomic E-state index is -0.620. The summed E-state index contributed by atoms with van der Waals surface area (Å²) in [7, 11) is 1.81. The summed E-state index contributed by atoms with van der Waals surface area (Å²) in [5, 5.41) is 22.9. The normalized spacial score (nSPS) is 18.4. The zero-order chi connectivity index (χ0) is 25.2. The number of hydrogen-bond acceptors (Lipinski definition) is 6. The van der Waals surface area contributed by atoms with Crippen molar-refractivity contribution < 1.29 is 9.90 Å². The van der Waals surface area contributed by atoms with Gasteiger partial charge in [0.1, 0.15) is 11.0 Å². The molecule has 4 aromatic rings. The lowest BCUT2D eigenvalue weighted by molar-refractivity contribution is 0.0785. The van der Waals surface area contributed by atoms with Crippen LogP contribution in [0.2, 0.25) is 5.15 Å². The van der Waals surface area contributed by atoms with Crippen molar-refractivity contribution in [3.63, 3.8) is 0 Å². The highest BCUT2D eigenvalue weighted by Gasteiger charge is 2.30. The number of fused-ring (bicyclic) bond motifs is 1. The molecule has 1 saturated heterocycles. The van der Waals surface area contributed by atoms with Crippen LogP contribution >= 0.6 is 11.6 Å². The topological polar surface area (TPSA) is 95.7 Å². The molecule has 0 radical (unpaired) electrons. The van der Waals surface area contributed by atoms with E-state index in [1.807, 2.05) is 67.0 Å². The molecule has 36 heavy (non-hydrogen) atoms. The molecule has 0 bridgehead atoms. The van der Waals surface area contributed by atoms with Crippen LogP contribution in [0.3, 0.4) is 0 Å². The molecule has 9 heteroatoms. The summed E-state index contributed by atoms with van der Waals surface area (Å²) in [6, 6.07) is 15.5. The minimum Gasteiger partial charge on any atom is -0.387 e. The van der Waals surface area contributed by atoms with E-state index >= 15 is 0 Å². The Labute approximate surface area is 215 Å². The number of carbonyl (C=O) groups is 1. The zero-order valence-corrected chi connectivity index (χ0v) is 21.1. The second-order valence-corrected chi connectivity index (χ2v) is 9.87. The Hall–Kier alpha value is -3.33. The molecule has 4 heterocycles. The number of nitrogens with zero attached hydrogens (tertiary/aromatic N) is 5. The third kappa shape index (κ3) is 5.26. The van der Waals surface area contributed by atoms with Gasteiger partial charge in [-0.15, -0.1) is 10.2 Å². The van der Waals surface area contributed by atoms with Crippen LogP contribution < -0.4 is 5.32 Å². The van der Waals surface area contributed by atoms with Gasteiger partial charge in [-0.25, -0.2) is 4.98 Å². The fourth-order valence-corrected chi connectivity index (χ4v) is 4.94. The number of rotatable bonds is 7. The highest BCUT2D eigenvalue weighted by molar-refractivity contribution is 6.29. The van der Waals surface area contributed by atoms with Gasteiger partial charge >= 0.3 is 0 Å². The molecule has 3 atom stereocenters. The van der Waals surface area contributed by atoms with E-state index in [1.165, 1.54) is 0 Å². The van der Waals surface area contributed by atoms with Crippen molar-refractivity contribution in [3.8, 4) is 0 Å². The molecule has 186 valence electrons. The van der Waals surface area contributed by atoms with Crippen LogP contribution in [0.15, 0.2) is 60.9 Å². The number of amides is 1. The lowest BCUT2D eigenvalue weighted by Crippen LogP contribution is -2.35. The van der Waals surface area contributed by atoms with Crippen molar-refractivity contribution in [1.82, 2.24) is 29.8 Å². The maximum Gasteiger partial charge on any atom is 0.253 e. The first-order chi connectivity index (χ1) is 17.4. The summed E-state index contributed by atoms with van der Waals surface area (Å²) in [5.74, 6) is 0.789. The smallest absolute Gasteiger partial charge is 0.253 e. The van der Waals surface area contributed by atoms with Crippen LogP contribution in [0.5, 0.6) is 0 Å². The van der Waals surface area contributed by atoms with Gasteiger partial charge in [0, 0.05) is 49.2 Å². The number of benzene rings is 1. The van der Waals surface area contributed by atoms with Gasteiger partial charge in [-0.2, -0.15) is 0 Å². The number of aromatic nitrogens is 4. The van der Waals surface area contributed by atoms with E-state index in [4.69, 9.17) is 11.6 Å². The van der Waals surface area contributed by atoms with Crippen LogP contribution in [0.1, 0.15) is 51.8 Å². The maximum atomic E-state index is 13.0. The highest BCUT2D eigenvalue weighted by Crippen LogP contribution is 2.27. The molecule has 5 rings (SSSR count). The Kier molecular flexibility index (Phi) is 7.00. The van der Waals surface area contributed by atoms with Gasteiger partial charge in [0.05, 0.1) is 6.10 Å². The molecule has 0 saturated carbocycles. The predicted octanol–water partition coefficient (Wildman–Crippen LogP) is 3.76. The second kappa shape index (κ2) is 10.3. The SMILES string of the molecule is Cc1nnc2ccc(CN(C)C(=O)c3ccc(C[C@@H]4CC[C@H](C(O)c5ccc(Cl)nc5)N4)cc3)cn12. The highest BCUT2D eigenvalue weighted by atomic mass is 35.5. The maximum absolute atomic E-state index is 13.0. The molecule has 1 aliphatic rings. The molecule has 1 fully saturated rings. The van der Waals surface area contributed by atoms with Crippen molar-refractivity contribution in [2.24, 2.45) is 0 Å². The lowest BCUT2D eigenvalue weighted by atomic mass is 10.0. The predicted molar refractivity (Wildman–Crippen MR) is 138 cm³/mol. The lowest BCUT2D eigenvalue weighted by Gasteiger charge is -2.20. The second-order valence-electron chi connectivity index (χ2n) is 9.48. The average Bonchev–Trinajstić information content (AvgIpc) is 3.50. The van der Waals surface area contributed by atoms with Gasteiger partial charge in [-0.1, -0.05) is 35.9 Å². The molecule has 3 aromatic heterocycles. The molecular weight excluding hydrogens is 476 g/mol. The van der Waals surface area contributed by atoms with Gasteiger partial charge in [0.15, 0.2) is 5.65 Å². The van der Waals surface area contributed by atoms with E-state index in [0.717, 1.165) is 47.4 Å². The first kappa shape index (κ1) is 24.4. The Bertz CT molecular complexity index is 1360. The van der Waals surface area contributed by atoms with E-state index < -0.39 is 6.10 Å². The molecule has 1 unspecified atom stereocenters. The number of aliphatic hydroxyl groups is 1. The van der Waals surface area contributed by atoms with Crippen molar-refractivity contribution in [2.45, 2.75) is 50.9 Å². The first-order valence-corrected chi connectivity index (χ1v) is 12.5. The third-order valence-corrected chi connectivity index (χ3v) is 7.06. The van der Waals surface area contributed by atoms with Crippen LogP contribution in [-0.2, 0) is 13.0 Å². The molecule has 0 spiro atoms. The largest absolute Gasteiger partial charge is 0.387 e. The van der Waals surface area contributed by atoms with Gasteiger partial charge in [-0.05, 0) is 61.6 Å². The van der Waals surface area contributed by atoms with Gasteiger partial charge < -0.3 is 15.3 Å². The van der Waals surface area contributed by atoms with E-state index in [9.17, 15) is 9.90 Å². The van der Waals surface area contributed by atoms with E-state index in [-0.39, 0.29) is 18.0 Å². The van der Waals surface area contributed by atoms with Crippen LogP contribution in [-0.4, -0.2) is 54.6 Å². The number of hydrogen-bond donors (Lipinski definition) is 2. The monoisotopic (exact) mass is 504 g/mol. The van der Waals surface area contributed by atoms with Crippen LogP contribution in [0, 0.1) is 6.92 Å². The summed E-state index contributed by atoms with van der Waals surface area (Å²) in [6.45, 7) is 2.40. The Morgan fingerprint density at radius 3 is 2.67 bits per heavy atom. The summed E-state index contributed by atoms with van der Waals surface area (Å²) in [4.78, 5) is 18.8. The number of carbonyl (C=O) groups excluding carboxylic acids is 1. The Morgan fingerprint density at radius 1 is 1.14 bits per heavy atom.